The smallest absolute Gasteiger partial charge is 0.326 e. The first-order valence-electron chi connectivity index (χ1n) is 10.9. The van der Waals surface area contributed by atoms with Crippen LogP contribution in [0.25, 0.3) is 10.1 Å². The molecule has 0 fully saturated rings. The molecule has 4 rings (SSSR count). The van der Waals surface area contributed by atoms with Crippen molar-refractivity contribution in [2.75, 3.05) is 16.3 Å². The third-order valence-corrected chi connectivity index (χ3v) is 8.96. The predicted molar refractivity (Wildman–Crippen MR) is 142 cm³/mol. The number of aromatic nitrogens is 2. The molecular weight excluding hydrogens is 520 g/mol. The quantitative estimate of drug-likeness (QED) is 0.260. The van der Waals surface area contributed by atoms with Crippen molar-refractivity contribution in [3.8, 4) is 0 Å². The van der Waals surface area contributed by atoms with Crippen LogP contribution in [0.1, 0.15) is 21.8 Å². The number of imidazole rings is 1. The number of carboxylic acids is 1. The molecule has 2 aromatic carbocycles. The van der Waals surface area contributed by atoms with E-state index in [4.69, 9.17) is 0 Å². The van der Waals surface area contributed by atoms with E-state index in [2.05, 4.69) is 15.3 Å². The molecule has 9 nitrogen and oxygen atoms in total. The number of carbonyl (C=O) groups is 2. The van der Waals surface area contributed by atoms with Crippen molar-refractivity contribution in [3.63, 3.8) is 0 Å². The first-order chi connectivity index (χ1) is 17.3. The van der Waals surface area contributed by atoms with Gasteiger partial charge >= 0.3 is 5.97 Å². The van der Waals surface area contributed by atoms with Gasteiger partial charge < -0.3 is 15.4 Å². The number of aliphatic carboxylic acids is 1. The summed E-state index contributed by atoms with van der Waals surface area (Å²) in [5.74, 6) is -1.02. The Labute approximate surface area is 216 Å². The van der Waals surface area contributed by atoms with Crippen LogP contribution in [0.3, 0.4) is 0 Å². The lowest BCUT2D eigenvalue weighted by Gasteiger charge is -2.24. The molecule has 0 bridgehead atoms. The normalized spacial score (nSPS) is 12.4. The highest BCUT2D eigenvalue weighted by Crippen LogP contribution is 2.36. The Kier molecular flexibility index (Phi) is 7.97. The van der Waals surface area contributed by atoms with Crippen LogP contribution in [0.4, 0.5) is 5.69 Å². The summed E-state index contributed by atoms with van der Waals surface area (Å²) in [6.45, 7) is 0.00346. The summed E-state index contributed by atoms with van der Waals surface area (Å²) in [7, 11) is -3.96. The molecule has 0 radical (unpaired) electrons. The molecule has 0 saturated heterocycles. The average molecular weight is 545 g/mol. The number of carboxylic acid groups (broad SMARTS) is 1. The first-order valence-corrected chi connectivity index (χ1v) is 14.6. The van der Waals surface area contributed by atoms with Crippen LogP contribution >= 0.6 is 23.1 Å². The third-order valence-electron chi connectivity index (χ3n) is 5.45. The fourth-order valence-corrected chi connectivity index (χ4v) is 6.58. The fourth-order valence-electron chi connectivity index (χ4n) is 3.64. The highest BCUT2D eigenvalue weighted by Gasteiger charge is 2.28. The first kappa shape index (κ1) is 25.7. The maximum absolute atomic E-state index is 13.7. The number of thioether (sulfide) groups is 1. The number of H-pyrrole nitrogens is 1. The Hall–Kier alpha value is -3.35. The number of rotatable bonds is 11. The molecule has 12 heteroatoms. The van der Waals surface area contributed by atoms with Crippen molar-refractivity contribution in [1.29, 1.82) is 0 Å². The Balaban J connectivity index is 1.74. The van der Waals surface area contributed by atoms with Crippen molar-refractivity contribution in [1.82, 2.24) is 15.3 Å². The Bertz CT molecular complexity index is 1450. The second-order valence-electron chi connectivity index (χ2n) is 7.85. The molecular formula is C24H24N4O5S3. The Morgan fingerprint density at radius 1 is 1.19 bits per heavy atom. The monoisotopic (exact) mass is 544 g/mol. The van der Waals surface area contributed by atoms with Gasteiger partial charge in [-0.2, -0.15) is 11.8 Å². The number of hydrogen-bond acceptors (Lipinski definition) is 7. The number of sulfonamides is 1. The molecule has 188 valence electrons. The number of aromatic amines is 1. The summed E-state index contributed by atoms with van der Waals surface area (Å²) in [5, 5.41) is 12.6. The van der Waals surface area contributed by atoms with E-state index in [0.29, 0.717) is 38.5 Å². The molecule has 36 heavy (non-hydrogen) atoms. The van der Waals surface area contributed by atoms with Crippen molar-refractivity contribution >= 4 is 60.8 Å². The molecule has 1 atom stereocenters. The molecule has 0 saturated carbocycles. The van der Waals surface area contributed by atoms with E-state index in [1.165, 1.54) is 45.9 Å². The van der Waals surface area contributed by atoms with Gasteiger partial charge in [0.25, 0.3) is 15.9 Å². The summed E-state index contributed by atoms with van der Waals surface area (Å²) in [6, 6.07) is 13.9. The van der Waals surface area contributed by atoms with Crippen molar-refractivity contribution in [2.24, 2.45) is 0 Å². The summed E-state index contributed by atoms with van der Waals surface area (Å²) in [6.07, 6.45) is 5.20. The van der Waals surface area contributed by atoms with Crippen molar-refractivity contribution in [2.45, 2.75) is 23.9 Å². The van der Waals surface area contributed by atoms with Gasteiger partial charge in [0.05, 0.1) is 34.0 Å². The van der Waals surface area contributed by atoms with E-state index >= 15 is 0 Å². The number of thiophene rings is 1. The van der Waals surface area contributed by atoms with Crippen LogP contribution in [0.15, 0.2) is 72.0 Å². The van der Waals surface area contributed by atoms with Crippen LogP contribution < -0.4 is 9.62 Å². The molecule has 2 heterocycles. The van der Waals surface area contributed by atoms with E-state index in [0.717, 1.165) is 0 Å². The zero-order chi connectivity index (χ0) is 25.7. The van der Waals surface area contributed by atoms with E-state index in [1.807, 2.05) is 6.26 Å². The largest absolute Gasteiger partial charge is 0.480 e. The molecule has 0 spiro atoms. The number of anilines is 1. The van der Waals surface area contributed by atoms with Crippen molar-refractivity contribution in [3.05, 3.63) is 77.7 Å². The summed E-state index contributed by atoms with van der Waals surface area (Å²) < 4.78 is 29.4. The molecule has 0 unspecified atom stereocenters. The molecule has 0 aliphatic heterocycles. The Morgan fingerprint density at radius 3 is 2.64 bits per heavy atom. The van der Waals surface area contributed by atoms with Gasteiger partial charge in [-0.05, 0) is 48.8 Å². The summed E-state index contributed by atoms with van der Waals surface area (Å²) in [5.41, 5.74) is 0.996. The van der Waals surface area contributed by atoms with Gasteiger partial charge in [-0.1, -0.05) is 24.3 Å². The Morgan fingerprint density at radius 2 is 1.97 bits per heavy atom. The van der Waals surface area contributed by atoms with Gasteiger partial charge in [-0.15, -0.1) is 11.3 Å². The highest BCUT2D eigenvalue weighted by atomic mass is 32.2. The maximum atomic E-state index is 13.7. The molecule has 0 aliphatic rings. The lowest BCUT2D eigenvalue weighted by molar-refractivity contribution is -0.139. The number of carbonyl (C=O) groups excluding carboxylic acids is 1. The second-order valence-corrected chi connectivity index (χ2v) is 11.8. The van der Waals surface area contributed by atoms with Gasteiger partial charge in [0.15, 0.2) is 0 Å². The molecule has 4 aromatic rings. The fraction of sp³-hybridized carbons (Fsp3) is 0.208. The number of benzene rings is 2. The minimum Gasteiger partial charge on any atom is -0.480 e. The minimum atomic E-state index is -3.96. The standard InChI is InChI=1S/C24H24N4O5S3/c1-34-11-10-19(24(30)31)27-23(29)22-12-18-20(8-5-9-21(18)35-22)28(14-16-13-25-15-26-16)36(32,33)17-6-3-2-4-7-17/h2-9,12-13,15,19H,10-11,14H2,1H3,(H,25,26)(H,27,29)(H,30,31)/t19-/m0/s1. The van der Waals surface area contributed by atoms with Crippen LogP contribution in [0.2, 0.25) is 0 Å². The van der Waals surface area contributed by atoms with E-state index in [9.17, 15) is 23.1 Å². The van der Waals surface area contributed by atoms with Crippen LogP contribution in [0, 0.1) is 0 Å². The van der Waals surface area contributed by atoms with Gasteiger partial charge in [0.1, 0.15) is 6.04 Å². The lowest BCUT2D eigenvalue weighted by atomic mass is 10.2. The molecule has 1 amide bonds. The van der Waals surface area contributed by atoms with Gasteiger partial charge in [0, 0.05) is 16.3 Å². The predicted octanol–water partition coefficient (Wildman–Crippen LogP) is 3.96. The number of fused-ring (bicyclic) bond motifs is 1. The third kappa shape index (κ3) is 5.55. The second kappa shape index (κ2) is 11.1. The zero-order valence-electron chi connectivity index (χ0n) is 19.2. The van der Waals surface area contributed by atoms with Crippen LogP contribution in [-0.4, -0.2) is 53.4 Å². The van der Waals surface area contributed by atoms with E-state index in [1.54, 1.807) is 48.7 Å². The summed E-state index contributed by atoms with van der Waals surface area (Å²) in [4.78, 5) is 31.9. The summed E-state index contributed by atoms with van der Waals surface area (Å²) >= 11 is 2.68. The lowest BCUT2D eigenvalue weighted by Crippen LogP contribution is -2.40. The molecule has 3 N–H and O–H groups in total. The van der Waals surface area contributed by atoms with Gasteiger partial charge in [-0.25, -0.2) is 18.2 Å². The average Bonchev–Trinajstić information content (AvgIpc) is 3.55. The van der Waals surface area contributed by atoms with Crippen LogP contribution in [-0.2, 0) is 21.4 Å². The minimum absolute atomic E-state index is 0.00346. The highest BCUT2D eigenvalue weighted by molar-refractivity contribution is 7.98. The van der Waals surface area contributed by atoms with E-state index < -0.39 is 27.9 Å². The topological polar surface area (TPSA) is 132 Å². The molecule has 0 aliphatic carbocycles. The van der Waals surface area contributed by atoms with Crippen LogP contribution in [0.5, 0.6) is 0 Å². The van der Waals surface area contributed by atoms with Gasteiger partial charge in [-0.3, -0.25) is 9.10 Å². The number of nitrogens with zero attached hydrogens (tertiary/aromatic N) is 2. The maximum Gasteiger partial charge on any atom is 0.326 e. The number of nitrogens with one attached hydrogen (secondary N) is 2. The van der Waals surface area contributed by atoms with Crippen molar-refractivity contribution < 1.29 is 23.1 Å². The number of hydrogen-bond donors (Lipinski definition) is 3. The molecule has 2 aromatic heterocycles. The SMILES string of the molecule is CSCC[C@H](NC(=O)c1cc2c(N(Cc3cnc[nH]3)S(=O)(=O)c3ccccc3)cccc2s1)C(=O)O. The zero-order valence-corrected chi connectivity index (χ0v) is 21.7. The van der Waals surface area contributed by atoms with E-state index in [-0.39, 0.29) is 11.4 Å². The number of amides is 1. The van der Waals surface area contributed by atoms with Gasteiger partial charge in [0.2, 0.25) is 0 Å².